The van der Waals surface area contributed by atoms with Gasteiger partial charge >= 0.3 is 0 Å². The third-order valence-corrected chi connectivity index (χ3v) is 3.69. The molecule has 1 aliphatic heterocycles. The van der Waals surface area contributed by atoms with Gasteiger partial charge in [-0.05, 0) is 31.4 Å². The van der Waals surface area contributed by atoms with Crippen molar-refractivity contribution >= 4 is 5.91 Å². The van der Waals surface area contributed by atoms with Crippen LogP contribution in [0, 0.1) is 0 Å². The molecule has 0 bridgehead atoms. The number of amides is 1. The summed E-state index contributed by atoms with van der Waals surface area (Å²) in [4.78, 5) is 18.0. The van der Waals surface area contributed by atoms with Crippen LogP contribution >= 0.6 is 0 Å². The normalized spacial score (nSPS) is 18.1. The van der Waals surface area contributed by atoms with Gasteiger partial charge in [0.05, 0.1) is 0 Å². The zero-order chi connectivity index (χ0) is 14.7. The summed E-state index contributed by atoms with van der Waals surface area (Å²) in [5.41, 5.74) is 0.841. The first-order valence-corrected chi connectivity index (χ1v) is 7.33. The van der Waals surface area contributed by atoms with Gasteiger partial charge in [-0.15, -0.1) is 10.2 Å². The van der Waals surface area contributed by atoms with Crippen molar-refractivity contribution in [3.05, 3.63) is 30.4 Å². The van der Waals surface area contributed by atoms with Gasteiger partial charge in [0, 0.05) is 30.9 Å². The van der Waals surface area contributed by atoms with E-state index >= 15 is 0 Å². The van der Waals surface area contributed by atoms with Crippen LogP contribution < -0.4 is 0 Å². The molecular weight excluding hydrogens is 268 g/mol. The van der Waals surface area contributed by atoms with E-state index in [2.05, 4.69) is 15.2 Å². The molecule has 1 aliphatic rings. The lowest BCUT2D eigenvalue weighted by molar-refractivity contribution is -0.132. The van der Waals surface area contributed by atoms with Crippen LogP contribution in [0.25, 0.3) is 11.5 Å². The van der Waals surface area contributed by atoms with Crippen molar-refractivity contribution < 1.29 is 9.21 Å². The predicted octanol–water partition coefficient (Wildman–Crippen LogP) is 2.60. The highest BCUT2D eigenvalue weighted by molar-refractivity contribution is 5.76. The minimum absolute atomic E-state index is 0.0767. The second-order valence-electron chi connectivity index (χ2n) is 5.18. The molecule has 1 fully saturated rings. The zero-order valence-corrected chi connectivity index (χ0v) is 12.0. The third-order valence-electron chi connectivity index (χ3n) is 3.69. The van der Waals surface area contributed by atoms with Crippen LogP contribution in [0.2, 0.25) is 0 Å². The minimum Gasteiger partial charge on any atom is -0.418 e. The molecule has 0 saturated carbocycles. The molecule has 2 aromatic rings. The molecule has 110 valence electrons. The Hall–Kier alpha value is -2.24. The van der Waals surface area contributed by atoms with Crippen LogP contribution in [0.4, 0.5) is 0 Å². The molecule has 1 atom stereocenters. The van der Waals surface area contributed by atoms with Crippen molar-refractivity contribution in [2.24, 2.45) is 0 Å². The summed E-state index contributed by atoms with van der Waals surface area (Å²) in [7, 11) is 0. The van der Waals surface area contributed by atoms with E-state index in [0.717, 1.165) is 31.4 Å². The Kier molecular flexibility index (Phi) is 3.94. The molecular formula is C15H18N4O2. The average Bonchev–Trinajstić information content (AvgIpc) is 3.17. The maximum absolute atomic E-state index is 12.1. The van der Waals surface area contributed by atoms with Gasteiger partial charge < -0.3 is 9.32 Å². The fourth-order valence-electron chi connectivity index (χ4n) is 2.66. The molecule has 6 heteroatoms. The molecule has 0 aromatic carbocycles. The highest BCUT2D eigenvalue weighted by Crippen LogP contribution is 2.33. The van der Waals surface area contributed by atoms with Gasteiger partial charge in [0.25, 0.3) is 0 Å². The Balaban J connectivity index is 1.81. The molecule has 1 unspecified atom stereocenters. The molecule has 1 amide bonds. The molecule has 3 heterocycles. The largest absolute Gasteiger partial charge is 0.418 e. The second kappa shape index (κ2) is 6.03. The number of hydrogen-bond acceptors (Lipinski definition) is 5. The van der Waals surface area contributed by atoms with Gasteiger partial charge in [0.15, 0.2) is 0 Å². The first-order chi connectivity index (χ1) is 10.3. The summed E-state index contributed by atoms with van der Waals surface area (Å²) in [6, 6.07) is 3.57. The van der Waals surface area contributed by atoms with Crippen molar-refractivity contribution in [3.8, 4) is 11.5 Å². The van der Waals surface area contributed by atoms with Crippen LogP contribution in [-0.4, -0.2) is 32.5 Å². The lowest BCUT2D eigenvalue weighted by Gasteiger charge is -2.21. The van der Waals surface area contributed by atoms with Crippen molar-refractivity contribution in [2.45, 2.75) is 38.6 Å². The van der Waals surface area contributed by atoms with Crippen LogP contribution in [0.5, 0.6) is 0 Å². The summed E-state index contributed by atoms with van der Waals surface area (Å²) in [6.07, 6.45) is 6.66. The molecule has 0 radical (unpaired) electrons. The summed E-state index contributed by atoms with van der Waals surface area (Å²) >= 11 is 0. The number of nitrogens with zero attached hydrogens (tertiary/aromatic N) is 4. The van der Waals surface area contributed by atoms with Crippen LogP contribution in [0.15, 0.2) is 28.9 Å². The first-order valence-electron chi connectivity index (χ1n) is 7.33. The smallest absolute Gasteiger partial charge is 0.247 e. The molecule has 0 N–H and O–H groups in total. The maximum atomic E-state index is 12.1. The molecule has 2 aromatic heterocycles. The predicted molar refractivity (Wildman–Crippen MR) is 76.1 cm³/mol. The van der Waals surface area contributed by atoms with Crippen LogP contribution in [0.3, 0.4) is 0 Å². The summed E-state index contributed by atoms with van der Waals surface area (Å²) < 4.78 is 5.77. The summed E-state index contributed by atoms with van der Waals surface area (Å²) in [5.74, 6) is 1.18. The second-order valence-corrected chi connectivity index (χ2v) is 5.18. The van der Waals surface area contributed by atoms with Crippen molar-refractivity contribution in [2.75, 3.05) is 6.54 Å². The van der Waals surface area contributed by atoms with Gasteiger partial charge in [-0.1, -0.05) is 6.92 Å². The van der Waals surface area contributed by atoms with E-state index in [1.54, 1.807) is 12.4 Å². The van der Waals surface area contributed by atoms with E-state index in [4.69, 9.17) is 4.42 Å². The quantitative estimate of drug-likeness (QED) is 0.863. The number of carbonyl (C=O) groups excluding carboxylic acids is 1. The summed E-state index contributed by atoms with van der Waals surface area (Å²) in [5, 5.41) is 8.22. The van der Waals surface area contributed by atoms with E-state index in [0.29, 0.717) is 18.2 Å². The Labute approximate surface area is 123 Å². The topological polar surface area (TPSA) is 72.1 Å². The van der Waals surface area contributed by atoms with Gasteiger partial charge in [0.1, 0.15) is 6.04 Å². The Morgan fingerprint density at radius 1 is 1.38 bits per heavy atom. The van der Waals surface area contributed by atoms with E-state index in [9.17, 15) is 4.79 Å². The minimum atomic E-state index is -0.0767. The van der Waals surface area contributed by atoms with E-state index < -0.39 is 0 Å². The van der Waals surface area contributed by atoms with E-state index in [1.807, 2.05) is 24.0 Å². The Bertz CT molecular complexity index is 611. The van der Waals surface area contributed by atoms with Crippen molar-refractivity contribution in [3.63, 3.8) is 0 Å². The molecule has 0 spiro atoms. The fourth-order valence-corrected chi connectivity index (χ4v) is 2.66. The standard InChI is InChI=1S/C15H18N4O2/c1-2-4-13(20)19-10-3-5-12(19)15-18-17-14(21-15)11-6-8-16-9-7-11/h6-9,12H,2-5,10H2,1H3. The highest BCUT2D eigenvalue weighted by atomic mass is 16.4. The zero-order valence-electron chi connectivity index (χ0n) is 12.0. The van der Waals surface area contributed by atoms with Gasteiger partial charge in [0.2, 0.25) is 17.7 Å². The van der Waals surface area contributed by atoms with Crippen LogP contribution in [0.1, 0.15) is 44.5 Å². The SMILES string of the molecule is CCCC(=O)N1CCCC1c1nnc(-c2ccncc2)o1. The van der Waals surface area contributed by atoms with Crippen LogP contribution in [-0.2, 0) is 4.79 Å². The number of carbonyl (C=O) groups is 1. The number of rotatable bonds is 4. The van der Waals surface area contributed by atoms with E-state index in [1.165, 1.54) is 0 Å². The number of aromatic nitrogens is 3. The molecule has 0 aliphatic carbocycles. The van der Waals surface area contributed by atoms with E-state index in [-0.39, 0.29) is 11.9 Å². The number of pyridine rings is 1. The molecule has 3 rings (SSSR count). The number of likely N-dealkylation sites (tertiary alicyclic amines) is 1. The molecule has 21 heavy (non-hydrogen) atoms. The Morgan fingerprint density at radius 2 is 2.19 bits per heavy atom. The lowest BCUT2D eigenvalue weighted by Crippen LogP contribution is -2.30. The third kappa shape index (κ3) is 2.79. The first kappa shape index (κ1) is 13.7. The van der Waals surface area contributed by atoms with Crippen molar-refractivity contribution in [1.29, 1.82) is 0 Å². The van der Waals surface area contributed by atoms with Gasteiger partial charge in [-0.25, -0.2) is 0 Å². The molecule has 1 saturated heterocycles. The van der Waals surface area contributed by atoms with Gasteiger partial charge in [-0.3, -0.25) is 9.78 Å². The van der Waals surface area contributed by atoms with Gasteiger partial charge in [-0.2, -0.15) is 0 Å². The monoisotopic (exact) mass is 286 g/mol. The van der Waals surface area contributed by atoms with Crippen molar-refractivity contribution in [1.82, 2.24) is 20.1 Å². The Morgan fingerprint density at radius 3 is 2.95 bits per heavy atom. The summed E-state index contributed by atoms with van der Waals surface area (Å²) in [6.45, 7) is 2.79. The highest BCUT2D eigenvalue weighted by Gasteiger charge is 2.33. The average molecular weight is 286 g/mol. The number of hydrogen-bond donors (Lipinski definition) is 0. The lowest BCUT2D eigenvalue weighted by atomic mass is 10.2. The fraction of sp³-hybridized carbons (Fsp3) is 0.467. The molecule has 6 nitrogen and oxygen atoms in total. The maximum Gasteiger partial charge on any atom is 0.247 e.